The largest absolute Gasteiger partial charge is 0.493 e. The quantitative estimate of drug-likeness (QED) is 0.642. The number of rotatable bonds is 10. The van der Waals surface area contributed by atoms with Gasteiger partial charge in [0.2, 0.25) is 0 Å². The molecule has 0 saturated carbocycles. The van der Waals surface area contributed by atoms with Crippen molar-refractivity contribution in [2.45, 2.75) is 20.3 Å². The molecule has 0 unspecified atom stereocenters. The van der Waals surface area contributed by atoms with E-state index in [1.165, 1.54) is 0 Å². The first-order valence-electron chi connectivity index (χ1n) is 7.62. The number of ether oxygens (including phenoxy) is 2. The predicted octanol–water partition coefficient (Wildman–Crippen LogP) is 2.64. The Labute approximate surface area is 144 Å². The van der Waals surface area contributed by atoms with Crippen LogP contribution in [0.3, 0.4) is 0 Å². The van der Waals surface area contributed by atoms with Crippen LogP contribution in [0.15, 0.2) is 24.3 Å². The summed E-state index contributed by atoms with van der Waals surface area (Å²) in [5, 5.41) is 6.02. The Morgan fingerprint density at radius 3 is 2.65 bits per heavy atom. The van der Waals surface area contributed by atoms with Gasteiger partial charge in [-0.1, -0.05) is 25.1 Å². The highest BCUT2D eigenvalue weighted by atomic mass is 35.5. The number of allylic oxidation sites excluding steroid dienone is 1. The summed E-state index contributed by atoms with van der Waals surface area (Å²) in [6, 6.07) is 5.61. The Bertz CT molecular complexity index is 493. The molecule has 6 heteroatoms. The summed E-state index contributed by atoms with van der Waals surface area (Å²) < 4.78 is 10.8. The molecule has 0 fully saturated rings. The van der Waals surface area contributed by atoms with Gasteiger partial charge in [0.05, 0.1) is 7.11 Å². The Morgan fingerprint density at radius 1 is 1.22 bits per heavy atom. The Kier molecular flexibility index (Phi) is 11.8. The number of hydrogen-bond acceptors (Lipinski definition) is 4. The van der Waals surface area contributed by atoms with Crippen LogP contribution in [0.1, 0.15) is 25.8 Å². The molecule has 0 radical (unpaired) electrons. The number of carbonyl (C=O) groups excluding carboxylic acids is 1. The van der Waals surface area contributed by atoms with E-state index in [0.29, 0.717) is 18.0 Å². The summed E-state index contributed by atoms with van der Waals surface area (Å²) in [6.45, 7) is 6.36. The van der Waals surface area contributed by atoms with E-state index in [2.05, 4.69) is 17.6 Å². The fraction of sp³-hybridized carbons (Fsp3) is 0.471. The van der Waals surface area contributed by atoms with Crippen LogP contribution in [0.2, 0.25) is 0 Å². The fourth-order valence-electron chi connectivity index (χ4n) is 1.89. The molecule has 1 amide bonds. The molecule has 130 valence electrons. The maximum absolute atomic E-state index is 11.7. The Morgan fingerprint density at radius 2 is 2.00 bits per heavy atom. The maximum atomic E-state index is 11.7. The molecular weight excluding hydrogens is 316 g/mol. The van der Waals surface area contributed by atoms with Crippen molar-refractivity contribution >= 4 is 24.4 Å². The second-order valence-corrected chi connectivity index (χ2v) is 4.80. The molecule has 0 atom stereocenters. The lowest BCUT2D eigenvalue weighted by Crippen LogP contribution is -2.35. The second kappa shape index (κ2) is 12.8. The third kappa shape index (κ3) is 8.47. The first-order valence-corrected chi connectivity index (χ1v) is 7.62. The van der Waals surface area contributed by atoms with Crippen molar-refractivity contribution in [2.75, 3.05) is 33.4 Å². The normalized spacial score (nSPS) is 10.2. The number of nitrogens with one attached hydrogen (secondary N) is 2. The molecule has 0 bridgehead atoms. The number of methoxy groups -OCH3 is 1. The van der Waals surface area contributed by atoms with Crippen LogP contribution in [0.4, 0.5) is 0 Å². The summed E-state index contributed by atoms with van der Waals surface area (Å²) in [4.78, 5) is 11.7. The summed E-state index contributed by atoms with van der Waals surface area (Å²) >= 11 is 0. The van der Waals surface area contributed by atoms with E-state index in [9.17, 15) is 4.79 Å². The topological polar surface area (TPSA) is 59.6 Å². The summed E-state index contributed by atoms with van der Waals surface area (Å²) in [5.74, 6) is 1.04. The van der Waals surface area contributed by atoms with Crippen molar-refractivity contribution in [3.63, 3.8) is 0 Å². The van der Waals surface area contributed by atoms with Crippen LogP contribution in [0.25, 0.3) is 6.08 Å². The Hall–Kier alpha value is -1.72. The molecule has 0 saturated heterocycles. The van der Waals surface area contributed by atoms with Crippen LogP contribution < -0.4 is 20.1 Å². The lowest BCUT2D eigenvalue weighted by atomic mass is 10.2. The minimum atomic E-state index is -0.141. The van der Waals surface area contributed by atoms with Gasteiger partial charge in [0.1, 0.15) is 0 Å². The van der Waals surface area contributed by atoms with Gasteiger partial charge in [-0.3, -0.25) is 4.79 Å². The van der Waals surface area contributed by atoms with Crippen molar-refractivity contribution in [3.05, 3.63) is 29.8 Å². The van der Waals surface area contributed by atoms with Crippen LogP contribution in [0, 0.1) is 0 Å². The molecule has 0 aliphatic carbocycles. The third-order valence-electron chi connectivity index (χ3n) is 2.96. The van der Waals surface area contributed by atoms with Gasteiger partial charge in [0, 0.05) is 13.1 Å². The zero-order valence-electron chi connectivity index (χ0n) is 14.1. The van der Waals surface area contributed by atoms with Crippen molar-refractivity contribution in [2.24, 2.45) is 0 Å². The number of hydrogen-bond donors (Lipinski definition) is 2. The average Bonchev–Trinajstić information content (AvgIpc) is 2.53. The third-order valence-corrected chi connectivity index (χ3v) is 2.96. The monoisotopic (exact) mass is 342 g/mol. The SMILES string of the molecule is C/C=C/c1ccc(OCC(=O)NCCNCCC)c(OC)c1.Cl. The highest BCUT2D eigenvalue weighted by Crippen LogP contribution is 2.28. The molecule has 0 aromatic heterocycles. The van der Waals surface area contributed by atoms with Gasteiger partial charge in [0.15, 0.2) is 18.1 Å². The number of halogens is 1. The summed E-state index contributed by atoms with van der Waals surface area (Å²) in [6.07, 6.45) is 5.01. The van der Waals surface area contributed by atoms with E-state index in [1.54, 1.807) is 7.11 Å². The number of amides is 1. The number of benzene rings is 1. The van der Waals surface area contributed by atoms with Gasteiger partial charge >= 0.3 is 0 Å². The zero-order chi connectivity index (χ0) is 16.2. The lowest BCUT2D eigenvalue weighted by Gasteiger charge is -2.11. The van der Waals surface area contributed by atoms with Crippen LogP contribution in [-0.2, 0) is 4.79 Å². The van der Waals surface area contributed by atoms with E-state index in [4.69, 9.17) is 9.47 Å². The molecule has 2 N–H and O–H groups in total. The maximum Gasteiger partial charge on any atom is 0.257 e. The van der Waals surface area contributed by atoms with Crippen molar-refractivity contribution in [1.82, 2.24) is 10.6 Å². The molecular formula is C17H27ClN2O3. The molecule has 1 rings (SSSR count). The fourth-order valence-corrected chi connectivity index (χ4v) is 1.89. The van der Waals surface area contributed by atoms with E-state index < -0.39 is 0 Å². The van der Waals surface area contributed by atoms with Gasteiger partial charge in [-0.2, -0.15) is 0 Å². The molecule has 0 aliphatic heterocycles. The van der Waals surface area contributed by atoms with Crippen molar-refractivity contribution in [1.29, 1.82) is 0 Å². The van der Waals surface area contributed by atoms with E-state index in [-0.39, 0.29) is 24.9 Å². The van der Waals surface area contributed by atoms with Gasteiger partial charge < -0.3 is 20.1 Å². The molecule has 23 heavy (non-hydrogen) atoms. The number of carbonyl (C=O) groups is 1. The van der Waals surface area contributed by atoms with Crippen molar-refractivity contribution in [3.8, 4) is 11.5 Å². The van der Waals surface area contributed by atoms with Crippen LogP contribution in [-0.4, -0.2) is 39.3 Å². The van der Waals surface area contributed by atoms with Gasteiger partial charge in [-0.05, 0) is 37.6 Å². The molecule has 1 aromatic carbocycles. The lowest BCUT2D eigenvalue weighted by molar-refractivity contribution is -0.123. The summed E-state index contributed by atoms with van der Waals surface area (Å²) in [5.41, 5.74) is 1.03. The smallest absolute Gasteiger partial charge is 0.257 e. The van der Waals surface area contributed by atoms with Crippen molar-refractivity contribution < 1.29 is 14.3 Å². The minimum absolute atomic E-state index is 0. The van der Waals surface area contributed by atoms with Gasteiger partial charge in [0.25, 0.3) is 5.91 Å². The highest BCUT2D eigenvalue weighted by Gasteiger charge is 2.07. The second-order valence-electron chi connectivity index (χ2n) is 4.80. The molecule has 0 heterocycles. The van der Waals surface area contributed by atoms with E-state index >= 15 is 0 Å². The highest BCUT2D eigenvalue weighted by molar-refractivity contribution is 5.85. The molecule has 0 aliphatic rings. The molecule has 1 aromatic rings. The van der Waals surface area contributed by atoms with E-state index in [0.717, 1.165) is 25.1 Å². The summed E-state index contributed by atoms with van der Waals surface area (Å²) in [7, 11) is 1.58. The van der Waals surface area contributed by atoms with Crippen LogP contribution in [0.5, 0.6) is 11.5 Å². The predicted molar refractivity (Wildman–Crippen MR) is 96.6 cm³/mol. The van der Waals surface area contributed by atoms with Crippen LogP contribution >= 0.6 is 12.4 Å². The standard InChI is InChI=1S/C17H26N2O3.ClH/c1-4-6-14-7-8-15(16(12-14)21-3)22-13-17(20)19-11-10-18-9-5-2;/h4,6-8,12,18H,5,9-11,13H2,1-3H3,(H,19,20);1H/b6-4+;. The Balaban J connectivity index is 0.00000484. The van der Waals surface area contributed by atoms with E-state index in [1.807, 2.05) is 37.3 Å². The molecule has 5 nitrogen and oxygen atoms in total. The minimum Gasteiger partial charge on any atom is -0.493 e. The first-order chi connectivity index (χ1) is 10.7. The first kappa shape index (κ1) is 21.3. The molecule has 0 spiro atoms. The zero-order valence-corrected chi connectivity index (χ0v) is 14.9. The average molecular weight is 343 g/mol. The van der Waals surface area contributed by atoms with Gasteiger partial charge in [-0.15, -0.1) is 12.4 Å². The van der Waals surface area contributed by atoms with Gasteiger partial charge in [-0.25, -0.2) is 0 Å².